The van der Waals surface area contributed by atoms with Crippen molar-refractivity contribution in [2.24, 2.45) is 0 Å². The summed E-state index contributed by atoms with van der Waals surface area (Å²) in [6.45, 7) is 1.96. The van der Waals surface area contributed by atoms with Gasteiger partial charge in [-0.2, -0.15) is 0 Å². The summed E-state index contributed by atoms with van der Waals surface area (Å²) in [6.07, 6.45) is 0.677. The number of halogens is 1. The number of sulfonamides is 1. The number of methoxy groups -OCH3 is 1. The normalized spacial score (nSPS) is 12.9. The molecule has 22 heavy (non-hydrogen) atoms. The summed E-state index contributed by atoms with van der Waals surface area (Å²) in [4.78, 5) is 0.243. The topological polar surface area (TPSA) is 55.4 Å². The molecule has 1 N–H and O–H groups in total. The van der Waals surface area contributed by atoms with Crippen molar-refractivity contribution in [3.63, 3.8) is 0 Å². The Balaban J connectivity index is 2.28. The van der Waals surface area contributed by atoms with E-state index >= 15 is 0 Å². The van der Waals surface area contributed by atoms with Crippen molar-refractivity contribution in [1.82, 2.24) is 4.72 Å². The minimum Gasteiger partial charge on any atom is -0.496 e. The summed E-state index contributed by atoms with van der Waals surface area (Å²) < 4.78 is 33.8. The third-order valence-corrected chi connectivity index (χ3v) is 5.65. The van der Waals surface area contributed by atoms with Gasteiger partial charge in [0.25, 0.3) is 0 Å². The molecule has 1 atom stereocenters. The van der Waals surface area contributed by atoms with E-state index in [0.29, 0.717) is 12.2 Å². The van der Waals surface area contributed by atoms with Crippen molar-refractivity contribution in [2.75, 3.05) is 7.11 Å². The van der Waals surface area contributed by atoms with Crippen molar-refractivity contribution < 1.29 is 13.2 Å². The zero-order valence-electron chi connectivity index (χ0n) is 12.4. The molecule has 2 aromatic carbocycles. The Morgan fingerprint density at radius 1 is 1.18 bits per heavy atom. The molecule has 6 heteroatoms. The van der Waals surface area contributed by atoms with Gasteiger partial charge in [0.05, 0.1) is 15.6 Å². The van der Waals surface area contributed by atoms with Crippen LogP contribution < -0.4 is 9.46 Å². The quantitative estimate of drug-likeness (QED) is 0.710. The predicted octanol–water partition coefficient (Wildman–Crippen LogP) is 3.73. The highest BCUT2D eigenvalue weighted by atomic mass is 127. The Labute approximate surface area is 145 Å². The molecule has 2 rings (SSSR count). The molecule has 0 saturated carbocycles. The molecule has 0 radical (unpaired) electrons. The van der Waals surface area contributed by atoms with E-state index in [4.69, 9.17) is 4.74 Å². The first-order valence-corrected chi connectivity index (χ1v) is 9.45. The molecule has 0 aliphatic heterocycles. The van der Waals surface area contributed by atoms with Crippen molar-refractivity contribution in [2.45, 2.75) is 24.3 Å². The summed E-state index contributed by atoms with van der Waals surface area (Å²) in [5.41, 5.74) is 0.955. The highest BCUT2D eigenvalue weighted by Gasteiger charge is 2.21. The van der Waals surface area contributed by atoms with Gasteiger partial charge in [-0.15, -0.1) is 0 Å². The lowest BCUT2D eigenvalue weighted by atomic mass is 10.1. The van der Waals surface area contributed by atoms with Crippen LogP contribution in [0.5, 0.6) is 5.75 Å². The number of ether oxygens (including phenoxy) is 1. The fraction of sp³-hybridized carbons (Fsp3) is 0.250. The SMILES string of the molecule is CC[C@@H](NS(=O)(=O)c1ccc(OC)c(I)c1)c1ccccc1. The minimum atomic E-state index is -3.58. The monoisotopic (exact) mass is 431 g/mol. The lowest BCUT2D eigenvalue weighted by Crippen LogP contribution is -2.28. The van der Waals surface area contributed by atoms with Crippen LogP contribution in [0.3, 0.4) is 0 Å². The molecule has 0 unspecified atom stereocenters. The summed E-state index contributed by atoms with van der Waals surface area (Å²) in [5.74, 6) is 0.662. The lowest BCUT2D eigenvalue weighted by molar-refractivity contribution is 0.411. The second-order valence-corrected chi connectivity index (χ2v) is 7.67. The van der Waals surface area contributed by atoms with Gasteiger partial charge >= 0.3 is 0 Å². The van der Waals surface area contributed by atoms with Crippen LogP contribution in [-0.2, 0) is 10.0 Å². The van der Waals surface area contributed by atoms with Crippen molar-refractivity contribution in [1.29, 1.82) is 0 Å². The van der Waals surface area contributed by atoms with Crippen LogP contribution in [0.1, 0.15) is 24.9 Å². The first kappa shape index (κ1) is 17.2. The van der Waals surface area contributed by atoms with Gasteiger partial charge in [-0.1, -0.05) is 37.3 Å². The van der Waals surface area contributed by atoms with E-state index < -0.39 is 10.0 Å². The first-order chi connectivity index (χ1) is 10.5. The molecule has 0 spiro atoms. The molecular weight excluding hydrogens is 413 g/mol. The van der Waals surface area contributed by atoms with Gasteiger partial charge in [0, 0.05) is 6.04 Å². The molecule has 0 heterocycles. The van der Waals surface area contributed by atoms with Gasteiger partial charge < -0.3 is 4.74 Å². The van der Waals surface area contributed by atoms with Crippen LogP contribution in [0.15, 0.2) is 53.4 Å². The highest BCUT2D eigenvalue weighted by molar-refractivity contribution is 14.1. The molecule has 0 saturated heterocycles. The molecule has 2 aromatic rings. The largest absolute Gasteiger partial charge is 0.496 e. The first-order valence-electron chi connectivity index (χ1n) is 6.88. The highest BCUT2D eigenvalue weighted by Crippen LogP contribution is 2.25. The number of benzene rings is 2. The Morgan fingerprint density at radius 2 is 1.86 bits per heavy atom. The maximum Gasteiger partial charge on any atom is 0.241 e. The van der Waals surface area contributed by atoms with Gasteiger partial charge in [0.15, 0.2) is 0 Å². The Morgan fingerprint density at radius 3 is 2.41 bits per heavy atom. The minimum absolute atomic E-state index is 0.243. The molecular formula is C16H18INO3S. The van der Waals surface area contributed by atoms with Crippen molar-refractivity contribution in [3.05, 3.63) is 57.7 Å². The number of nitrogens with one attached hydrogen (secondary N) is 1. The summed E-state index contributed by atoms with van der Waals surface area (Å²) in [7, 11) is -2.02. The number of hydrogen-bond donors (Lipinski definition) is 1. The summed E-state index contributed by atoms with van der Waals surface area (Å²) >= 11 is 2.06. The van der Waals surface area contributed by atoms with Crippen molar-refractivity contribution in [3.8, 4) is 5.75 Å². The standard InChI is InChI=1S/C16H18INO3S/c1-3-15(12-7-5-4-6-8-12)18-22(19,20)13-9-10-16(21-2)14(17)11-13/h4-11,15,18H,3H2,1-2H3/t15-/m1/s1. The molecule has 4 nitrogen and oxygen atoms in total. The third-order valence-electron chi connectivity index (χ3n) is 3.34. The molecule has 0 aromatic heterocycles. The van der Waals surface area contributed by atoms with Crippen LogP contribution in [0.2, 0.25) is 0 Å². The van der Waals surface area contributed by atoms with E-state index in [1.54, 1.807) is 25.3 Å². The van der Waals surface area contributed by atoms with E-state index in [1.165, 1.54) is 0 Å². The number of hydrogen-bond acceptors (Lipinski definition) is 3. The third kappa shape index (κ3) is 3.99. The average molecular weight is 431 g/mol. The molecule has 0 amide bonds. The van der Waals surface area contributed by atoms with Crippen LogP contribution in [0.25, 0.3) is 0 Å². The summed E-state index contributed by atoms with van der Waals surface area (Å²) in [6, 6.07) is 14.2. The van der Waals surface area contributed by atoms with E-state index in [1.807, 2.05) is 37.3 Å². The number of rotatable bonds is 6. The summed E-state index contributed by atoms with van der Waals surface area (Å²) in [5, 5.41) is 0. The molecule has 0 aliphatic rings. The lowest BCUT2D eigenvalue weighted by Gasteiger charge is -2.18. The Bertz CT molecular complexity index is 732. The van der Waals surface area contributed by atoms with Gasteiger partial charge in [-0.3, -0.25) is 0 Å². The van der Waals surface area contributed by atoms with Crippen LogP contribution in [-0.4, -0.2) is 15.5 Å². The van der Waals surface area contributed by atoms with Crippen LogP contribution in [0.4, 0.5) is 0 Å². The predicted molar refractivity (Wildman–Crippen MR) is 95.5 cm³/mol. The van der Waals surface area contributed by atoms with Gasteiger partial charge in [0.1, 0.15) is 5.75 Å². The van der Waals surface area contributed by atoms with E-state index in [0.717, 1.165) is 9.13 Å². The Hall–Kier alpha value is -1.12. The van der Waals surface area contributed by atoms with Gasteiger partial charge in [0.2, 0.25) is 10.0 Å². The zero-order chi connectivity index (χ0) is 16.2. The maximum absolute atomic E-state index is 12.6. The fourth-order valence-electron chi connectivity index (χ4n) is 2.14. The average Bonchev–Trinajstić information content (AvgIpc) is 2.53. The second-order valence-electron chi connectivity index (χ2n) is 4.79. The molecule has 0 bridgehead atoms. The molecule has 118 valence electrons. The maximum atomic E-state index is 12.6. The smallest absolute Gasteiger partial charge is 0.241 e. The zero-order valence-corrected chi connectivity index (χ0v) is 15.4. The van der Waals surface area contributed by atoms with Gasteiger partial charge in [-0.25, -0.2) is 13.1 Å². The Kier molecular flexibility index (Phi) is 5.82. The molecule has 0 aliphatic carbocycles. The molecule has 0 fully saturated rings. The van der Waals surface area contributed by atoms with E-state index in [9.17, 15) is 8.42 Å². The van der Waals surface area contributed by atoms with Crippen molar-refractivity contribution >= 4 is 32.6 Å². The second kappa shape index (κ2) is 7.43. The van der Waals surface area contributed by atoms with E-state index in [2.05, 4.69) is 27.3 Å². The van der Waals surface area contributed by atoms with Crippen LogP contribution >= 0.6 is 22.6 Å². The van der Waals surface area contributed by atoms with Crippen LogP contribution in [0, 0.1) is 3.57 Å². The fourth-order valence-corrected chi connectivity index (χ4v) is 4.42. The van der Waals surface area contributed by atoms with E-state index in [-0.39, 0.29) is 10.9 Å². The van der Waals surface area contributed by atoms with Gasteiger partial charge in [-0.05, 0) is 52.8 Å².